The molecule has 0 saturated heterocycles. The van der Waals surface area contributed by atoms with Gasteiger partial charge in [-0.05, 0) is 66.7 Å². The molecule has 10 nitrogen and oxygen atoms in total. The highest BCUT2D eigenvalue weighted by Gasteiger charge is 2.12. The monoisotopic (exact) mass is 509 g/mol. The molecule has 5 aromatic rings. The van der Waals surface area contributed by atoms with E-state index in [0.29, 0.717) is 58.4 Å². The molecule has 0 fully saturated rings. The lowest BCUT2D eigenvalue weighted by atomic mass is 10.1. The number of rotatable bonds is 8. The van der Waals surface area contributed by atoms with Gasteiger partial charge in [-0.25, -0.2) is 18.7 Å². The zero-order valence-corrected chi connectivity index (χ0v) is 19.8. The summed E-state index contributed by atoms with van der Waals surface area (Å²) in [5.41, 5.74) is 1.96. The van der Waals surface area contributed by atoms with Gasteiger partial charge in [-0.1, -0.05) is 5.21 Å². The Morgan fingerprint density at radius 2 is 1.71 bits per heavy atom. The quantitative estimate of drug-likeness (QED) is 0.247. The van der Waals surface area contributed by atoms with Crippen LogP contribution in [0.3, 0.4) is 0 Å². The minimum absolute atomic E-state index is 0.315. The second-order valence-electron chi connectivity index (χ2n) is 7.99. The number of pyridine rings is 1. The Labute approximate surface area is 216 Å². The van der Waals surface area contributed by atoms with Crippen molar-refractivity contribution in [3.63, 3.8) is 0 Å². The molecule has 5 rings (SSSR count). The van der Waals surface area contributed by atoms with Gasteiger partial charge in [0, 0.05) is 29.2 Å². The number of hydrogen-bond donors (Lipinski definition) is 2. The van der Waals surface area contributed by atoms with E-state index in [4.69, 9.17) is 16.0 Å². The van der Waals surface area contributed by atoms with Crippen molar-refractivity contribution < 1.29 is 18.7 Å². The SMILES string of the molecule is [C-]#[N+]c1cc2c(Oc3ccc(NC(=O)Nc4ccc(F)cc4)cc3)ccnc2cc1OCCn1ccnn1. The lowest BCUT2D eigenvalue weighted by molar-refractivity contribution is 0.262. The highest BCUT2D eigenvalue weighted by atomic mass is 19.1. The predicted octanol–water partition coefficient (Wildman–Crippen LogP) is 6.03. The van der Waals surface area contributed by atoms with Gasteiger partial charge < -0.3 is 20.1 Å². The standard InChI is InChI=1S/C27H20FN7O3/c1-29-24-16-22-23(17-26(24)37-15-14-35-13-12-31-34-35)30-11-10-25(22)38-21-8-6-20(7-9-21)33-27(36)32-19-4-2-18(28)3-5-19/h2-13,16-17H,14-15H2,(H2,32,33,36). The molecular weight excluding hydrogens is 489 g/mol. The van der Waals surface area contributed by atoms with Gasteiger partial charge in [-0.2, -0.15) is 0 Å². The van der Waals surface area contributed by atoms with Gasteiger partial charge in [0.25, 0.3) is 0 Å². The first-order valence-corrected chi connectivity index (χ1v) is 11.5. The minimum Gasteiger partial charge on any atom is -0.503 e. The summed E-state index contributed by atoms with van der Waals surface area (Å²) in [4.78, 5) is 20.2. The Morgan fingerprint density at radius 1 is 0.974 bits per heavy atom. The van der Waals surface area contributed by atoms with E-state index in [0.717, 1.165) is 0 Å². The molecule has 11 heteroatoms. The summed E-state index contributed by atoms with van der Waals surface area (Å²) < 4.78 is 26.5. The third-order valence-corrected chi connectivity index (χ3v) is 5.39. The van der Waals surface area contributed by atoms with Gasteiger partial charge in [0.15, 0.2) is 0 Å². The number of amides is 2. The van der Waals surface area contributed by atoms with Crippen LogP contribution in [0.15, 0.2) is 85.3 Å². The fourth-order valence-electron chi connectivity index (χ4n) is 3.59. The largest absolute Gasteiger partial charge is 0.503 e. The molecule has 2 heterocycles. The maximum Gasteiger partial charge on any atom is 0.323 e. The molecule has 3 aromatic carbocycles. The van der Waals surface area contributed by atoms with E-state index in [1.807, 2.05) is 0 Å². The molecule has 188 valence electrons. The van der Waals surface area contributed by atoms with E-state index in [2.05, 4.69) is 30.8 Å². The Hall–Kier alpha value is -5.50. The number of nitrogens with one attached hydrogen (secondary N) is 2. The summed E-state index contributed by atoms with van der Waals surface area (Å²) >= 11 is 0. The third kappa shape index (κ3) is 5.83. The number of carbonyl (C=O) groups excluding carboxylic acids is 1. The lowest BCUT2D eigenvalue weighted by Crippen LogP contribution is -2.19. The fraction of sp³-hybridized carbons (Fsp3) is 0.0741. The first kappa shape index (κ1) is 24.2. The van der Waals surface area contributed by atoms with Crippen LogP contribution in [0.25, 0.3) is 15.7 Å². The average Bonchev–Trinajstić information content (AvgIpc) is 3.44. The number of urea groups is 1. The van der Waals surface area contributed by atoms with Crippen molar-refractivity contribution >= 4 is 34.0 Å². The molecule has 38 heavy (non-hydrogen) atoms. The van der Waals surface area contributed by atoms with Crippen molar-refractivity contribution in [3.05, 3.63) is 103 Å². The highest BCUT2D eigenvalue weighted by molar-refractivity contribution is 5.99. The van der Waals surface area contributed by atoms with Crippen LogP contribution < -0.4 is 20.1 Å². The number of nitrogens with zero attached hydrogens (tertiary/aromatic N) is 5. The van der Waals surface area contributed by atoms with E-state index in [9.17, 15) is 9.18 Å². The van der Waals surface area contributed by atoms with Gasteiger partial charge in [-0.3, -0.25) is 4.98 Å². The van der Waals surface area contributed by atoms with E-state index in [1.165, 1.54) is 24.3 Å². The number of fused-ring (bicyclic) bond motifs is 1. The number of hydrogen-bond acceptors (Lipinski definition) is 6. The van der Waals surface area contributed by atoms with Crippen LogP contribution in [0.5, 0.6) is 17.2 Å². The molecule has 0 bridgehead atoms. The molecule has 0 aliphatic rings. The van der Waals surface area contributed by atoms with Crippen LogP contribution in [0.1, 0.15) is 0 Å². The van der Waals surface area contributed by atoms with Crippen LogP contribution in [0, 0.1) is 12.4 Å². The normalized spacial score (nSPS) is 10.5. The van der Waals surface area contributed by atoms with Gasteiger partial charge in [-0.15, -0.1) is 5.10 Å². The van der Waals surface area contributed by atoms with Gasteiger partial charge in [0.1, 0.15) is 29.7 Å². The first-order valence-electron chi connectivity index (χ1n) is 11.5. The second-order valence-corrected chi connectivity index (χ2v) is 7.99. The summed E-state index contributed by atoms with van der Waals surface area (Å²) in [6, 6.07) is 16.9. The Balaban J connectivity index is 1.26. The summed E-state index contributed by atoms with van der Waals surface area (Å²) in [6.07, 6.45) is 4.93. The number of ether oxygens (including phenoxy) is 2. The van der Waals surface area contributed by atoms with Crippen molar-refractivity contribution in [2.24, 2.45) is 0 Å². The number of halogens is 1. The maximum atomic E-state index is 13.0. The molecule has 2 N–H and O–H groups in total. The van der Waals surface area contributed by atoms with Gasteiger partial charge >= 0.3 is 6.03 Å². The van der Waals surface area contributed by atoms with E-state index < -0.39 is 6.03 Å². The first-order chi connectivity index (χ1) is 18.6. The van der Waals surface area contributed by atoms with Crippen molar-refractivity contribution in [1.82, 2.24) is 20.0 Å². The number of benzene rings is 3. The highest BCUT2D eigenvalue weighted by Crippen LogP contribution is 2.37. The van der Waals surface area contributed by atoms with Crippen molar-refractivity contribution in [2.45, 2.75) is 6.54 Å². The number of aromatic nitrogens is 4. The molecule has 0 radical (unpaired) electrons. The Kier molecular flexibility index (Phi) is 7.04. The average molecular weight is 510 g/mol. The Bertz CT molecular complexity index is 1600. The van der Waals surface area contributed by atoms with Crippen LogP contribution in [0.2, 0.25) is 0 Å². The predicted molar refractivity (Wildman–Crippen MR) is 139 cm³/mol. The van der Waals surface area contributed by atoms with Crippen molar-refractivity contribution in [2.75, 3.05) is 17.2 Å². The topological polar surface area (TPSA) is 108 Å². The molecule has 0 spiro atoms. The summed E-state index contributed by atoms with van der Waals surface area (Å²) in [5.74, 6) is 1.09. The van der Waals surface area contributed by atoms with Crippen LogP contribution in [-0.4, -0.2) is 32.6 Å². The molecule has 0 saturated carbocycles. The number of anilines is 2. The third-order valence-electron chi connectivity index (χ3n) is 5.39. The molecule has 2 amide bonds. The van der Waals surface area contributed by atoms with Crippen molar-refractivity contribution in [1.29, 1.82) is 0 Å². The van der Waals surface area contributed by atoms with Crippen molar-refractivity contribution in [3.8, 4) is 17.2 Å². The summed E-state index contributed by atoms with van der Waals surface area (Å²) in [5, 5.41) is 13.6. The zero-order valence-electron chi connectivity index (χ0n) is 19.8. The summed E-state index contributed by atoms with van der Waals surface area (Å²) in [6.45, 7) is 8.39. The van der Waals surface area contributed by atoms with Gasteiger partial charge in [0.2, 0.25) is 5.69 Å². The zero-order chi connectivity index (χ0) is 26.3. The van der Waals surface area contributed by atoms with E-state index in [1.54, 1.807) is 65.7 Å². The van der Waals surface area contributed by atoms with Crippen LogP contribution >= 0.6 is 0 Å². The van der Waals surface area contributed by atoms with Crippen LogP contribution in [0.4, 0.5) is 26.2 Å². The molecule has 0 aliphatic carbocycles. The molecular formula is C27H20FN7O3. The van der Waals surface area contributed by atoms with Crippen LogP contribution in [-0.2, 0) is 6.54 Å². The molecule has 0 atom stereocenters. The lowest BCUT2D eigenvalue weighted by Gasteiger charge is -2.13. The van der Waals surface area contributed by atoms with Gasteiger partial charge in [0.05, 0.1) is 24.8 Å². The summed E-state index contributed by atoms with van der Waals surface area (Å²) in [7, 11) is 0. The number of carbonyl (C=O) groups is 1. The molecule has 2 aromatic heterocycles. The fourth-order valence-corrected chi connectivity index (χ4v) is 3.59. The molecule has 0 aliphatic heterocycles. The van der Waals surface area contributed by atoms with E-state index >= 15 is 0 Å². The Morgan fingerprint density at radius 3 is 2.39 bits per heavy atom. The molecule has 0 unspecified atom stereocenters. The maximum absolute atomic E-state index is 13.0. The smallest absolute Gasteiger partial charge is 0.323 e. The minimum atomic E-state index is -0.462. The second kappa shape index (κ2) is 11.0. The van der Waals surface area contributed by atoms with E-state index in [-0.39, 0.29) is 5.82 Å².